The monoisotopic (exact) mass is 384 g/mol. The third-order valence-electron chi connectivity index (χ3n) is 3.01. The number of thiazole rings is 1. The van der Waals surface area contributed by atoms with Crippen molar-refractivity contribution in [1.29, 1.82) is 0 Å². The summed E-state index contributed by atoms with van der Waals surface area (Å²) in [4.78, 5) is 4.36. The summed E-state index contributed by atoms with van der Waals surface area (Å²) in [5.41, 5.74) is 0.373. The molecule has 0 atom stereocenters. The molecule has 124 valence electrons. The SMILES string of the molecule is Fc1ccccc1COc1cc(F)c(SNc2nccs2)cc1Cl. The van der Waals surface area contributed by atoms with Crippen LogP contribution < -0.4 is 9.46 Å². The van der Waals surface area contributed by atoms with Gasteiger partial charge in [-0.25, -0.2) is 13.8 Å². The quantitative estimate of drug-likeness (QED) is 0.547. The first kappa shape index (κ1) is 17.0. The van der Waals surface area contributed by atoms with E-state index in [1.54, 1.807) is 24.4 Å². The Hall–Kier alpha value is -1.83. The molecule has 1 aromatic heterocycles. The van der Waals surface area contributed by atoms with Crippen LogP contribution in [0.15, 0.2) is 52.9 Å². The summed E-state index contributed by atoms with van der Waals surface area (Å²) in [5.74, 6) is -0.707. The van der Waals surface area contributed by atoms with Gasteiger partial charge in [-0.15, -0.1) is 11.3 Å². The predicted molar refractivity (Wildman–Crippen MR) is 93.7 cm³/mol. The van der Waals surface area contributed by atoms with Crippen LogP contribution in [0.4, 0.5) is 13.9 Å². The molecule has 0 bridgehead atoms. The summed E-state index contributed by atoms with van der Waals surface area (Å²) in [6, 6.07) is 8.88. The average molecular weight is 385 g/mol. The van der Waals surface area contributed by atoms with Crippen molar-refractivity contribution in [1.82, 2.24) is 4.98 Å². The van der Waals surface area contributed by atoms with Crippen LogP contribution in [0.1, 0.15) is 5.56 Å². The normalized spacial score (nSPS) is 10.6. The van der Waals surface area contributed by atoms with E-state index >= 15 is 0 Å². The highest BCUT2D eigenvalue weighted by atomic mass is 35.5. The van der Waals surface area contributed by atoms with Crippen molar-refractivity contribution in [2.75, 3.05) is 4.72 Å². The Kier molecular flexibility index (Phi) is 5.55. The first-order chi connectivity index (χ1) is 11.6. The molecule has 0 unspecified atom stereocenters. The number of hydrogen-bond donors (Lipinski definition) is 1. The van der Waals surface area contributed by atoms with E-state index in [9.17, 15) is 8.78 Å². The largest absolute Gasteiger partial charge is 0.487 e. The zero-order valence-electron chi connectivity index (χ0n) is 12.1. The van der Waals surface area contributed by atoms with Crippen LogP contribution >= 0.6 is 34.9 Å². The smallest absolute Gasteiger partial charge is 0.192 e. The second kappa shape index (κ2) is 7.83. The van der Waals surface area contributed by atoms with Crippen LogP contribution in [0.3, 0.4) is 0 Å². The van der Waals surface area contributed by atoms with Gasteiger partial charge in [0.05, 0.1) is 9.92 Å². The van der Waals surface area contributed by atoms with Crippen LogP contribution in [0.5, 0.6) is 5.75 Å². The molecule has 0 radical (unpaired) electrons. The molecule has 0 amide bonds. The highest BCUT2D eigenvalue weighted by molar-refractivity contribution is 8.00. The van der Waals surface area contributed by atoms with Crippen LogP contribution in [0.25, 0.3) is 0 Å². The van der Waals surface area contributed by atoms with Crippen molar-refractivity contribution in [2.24, 2.45) is 0 Å². The van der Waals surface area contributed by atoms with Gasteiger partial charge < -0.3 is 9.46 Å². The number of ether oxygens (including phenoxy) is 1. The maximum absolute atomic E-state index is 14.2. The number of halogens is 3. The fourth-order valence-corrected chi connectivity index (χ4v) is 3.40. The molecule has 1 heterocycles. The molecule has 3 rings (SSSR count). The fraction of sp³-hybridized carbons (Fsp3) is 0.0625. The standard InChI is InChI=1S/C16H11ClF2N2OS2/c17-11-7-15(24-21-16-20-5-6-23-16)13(19)8-14(11)22-9-10-3-1-2-4-12(10)18/h1-8H,9H2,(H,20,21). The van der Waals surface area contributed by atoms with Crippen LogP contribution in [0, 0.1) is 11.6 Å². The molecule has 0 saturated heterocycles. The molecule has 2 aromatic carbocycles. The second-order valence-corrected chi connectivity index (χ2v) is 6.78. The molecule has 0 aliphatic heterocycles. The summed E-state index contributed by atoms with van der Waals surface area (Å²) in [6.45, 7) is -0.0321. The van der Waals surface area contributed by atoms with E-state index in [0.29, 0.717) is 15.6 Å². The van der Waals surface area contributed by atoms with Crippen molar-refractivity contribution in [2.45, 2.75) is 11.5 Å². The van der Waals surface area contributed by atoms with Gasteiger partial charge in [0.1, 0.15) is 24.0 Å². The third kappa shape index (κ3) is 4.17. The minimum atomic E-state index is -0.489. The summed E-state index contributed by atoms with van der Waals surface area (Å²) >= 11 is 8.60. The molecule has 0 spiro atoms. The number of anilines is 1. The minimum Gasteiger partial charge on any atom is -0.487 e. The Morgan fingerprint density at radius 3 is 2.79 bits per heavy atom. The van der Waals surface area contributed by atoms with Gasteiger partial charge >= 0.3 is 0 Å². The van der Waals surface area contributed by atoms with Gasteiger partial charge in [0.15, 0.2) is 5.13 Å². The summed E-state index contributed by atoms with van der Waals surface area (Å²) in [7, 11) is 0. The molecule has 3 nitrogen and oxygen atoms in total. The molecule has 0 fully saturated rings. The summed E-state index contributed by atoms with van der Waals surface area (Å²) in [5, 5.41) is 2.72. The molecule has 1 N–H and O–H groups in total. The van der Waals surface area contributed by atoms with Crippen molar-refractivity contribution in [3.8, 4) is 5.75 Å². The van der Waals surface area contributed by atoms with Crippen molar-refractivity contribution in [3.63, 3.8) is 0 Å². The molecule has 24 heavy (non-hydrogen) atoms. The maximum atomic E-state index is 14.2. The van der Waals surface area contributed by atoms with Crippen LogP contribution in [0.2, 0.25) is 5.02 Å². The van der Waals surface area contributed by atoms with E-state index in [-0.39, 0.29) is 23.2 Å². The molecule has 8 heteroatoms. The van der Waals surface area contributed by atoms with E-state index < -0.39 is 5.82 Å². The lowest BCUT2D eigenvalue weighted by Crippen LogP contribution is -1.99. The number of hydrogen-bond acceptors (Lipinski definition) is 5. The molecule has 0 aliphatic rings. The minimum absolute atomic E-state index is 0.0321. The van der Waals surface area contributed by atoms with E-state index in [1.807, 2.05) is 5.38 Å². The molecule has 3 aromatic rings. The Morgan fingerprint density at radius 2 is 2.04 bits per heavy atom. The number of nitrogens with zero attached hydrogens (tertiary/aromatic N) is 1. The van der Waals surface area contributed by atoms with Gasteiger partial charge in [0, 0.05) is 23.2 Å². The maximum Gasteiger partial charge on any atom is 0.192 e. The Bertz CT molecular complexity index is 831. The molecule has 0 aliphatic carbocycles. The van der Waals surface area contributed by atoms with E-state index in [2.05, 4.69) is 9.71 Å². The van der Waals surface area contributed by atoms with Gasteiger partial charge in [-0.1, -0.05) is 29.8 Å². The van der Waals surface area contributed by atoms with Crippen molar-refractivity contribution < 1.29 is 13.5 Å². The van der Waals surface area contributed by atoms with Gasteiger partial charge in [0.2, 0.25) is 0 Å². The highest BCUT2D eigenvalue weighted by Crippen LogP contribution is 2.34. The number of aromatic nitrogens is 1. The molecule has 0 saturated carbocycles. The van der Waals surface area contributed by atoms with E-state index in [1.165, 1.54) is 29.5 Å². The summed E-state index contributed by atoms with van der Waals surface area (Å²) in [6.07, 6.45) is 1.65. The first-order valence-electron chi connectivity index (χ1n) is 6.81. The Balaban J connectivity index is 1.69. The predicted octanol–water partition coefficient (Wildman–Crippen LogP) is 5.77. The summed E-state index contributed by atoms with van der Waals surface area (Å²) < 4.78 is 36.1. The molecular weight excluding hydrogens is 374 g/mol. The average Bonchev–Trinajstić information content (AvgIpc) is 3.09. The Labute approximate surface area is 150 Å². The molecular formula is C16H11ClF2N2OS2. The number of benzene rings is 2. The van der Waals surface area contributed by atoms with Gasteiger partial charge in [-0.05, 0) is 24.1 Å². The van der Waals surface area contributed by atoms with Crippen LogP contribution in [-0.4, -0.2) is 4.98 Å². The second-order valence-electron chi connectivity index (χ2n) is 4.63. The van der Waals surface area contributed by atoms with Gasteiger partial charge in [-0.2, -0.15) is 0 Å². The Morgan fingerprint density at radius 1 is 1.21 bits per heavy atom. The first-order valence-corrected chi connectivity index (χ1v) is 8.88. The van der Waals surface area contributed by atoms with Crippen molar-refractivity contribution >= 4 is 40.0 Å². The van der Waals surface area contributed by atoms with E-state index in [4.69, 9.17) is 16.3 Å². The fourth-order valence-electron chi connectivity index (χ4n) is 1.84. The van der Waals surface area contributed by atoms with Crippen molar-refractivity contribution in [3.05, 3.63) is 70.2 Å². The topological polar surface area (TPSA) is 34.1 Å². The van der Waals surface area contributed by atoms with E-state index in [0.717, 1.165) is 11.9 Å². The lowest BCUT2D eigenvalue weighted by molar-refractivity contribution is 0.298. The van der Waals surface area contributed by atoms with Gasteiger partial charge in [-0.3, -0.25) is 0 Å². The van der Waals surface area contributed by atoms with Crippen LogP contribution in [-0.2, 0) is 6.61 Å². The lowest BCUT2D eigenvalue weighted by atomic mass is 10.2. The lowest BCUT2D eigenvalue weighted by Gasteiger charge is -2.11. The number of nitrogens with one attached hydrogen (secondary N) is 1. The zero-order valence-corrected chi connectivity index (χ0v) is 14.5. The zero-order chi connectivity index (χ0) is 16.9. The number of rotatable bonds is 6. The third-order valence-corrected chi connectivity index (χ3v) is 4.95. The van der Waals surface area contributed by atoms with Gasteiger partial charge in [0.25, 0.3) is 0 Å². The highest BCUT2D eigenvalue weighted by Gasteiger charge is 2.12.